The molecule has 0 amide bonds. The number of hydrogen-bond donors (Lipinski definition) is 0. The number of benzene rings is 1. The lowest BCUT2D eigenvalue weighted by molar-refractivity contribution is 0.436. The van der Waals surface area contributed by atoms with Crippen molar-refractivity contribution in [2.75, 3.05) is 6.26 Å². The highest BCUT2D eigenvalue weighted by Gasteiger charge is 2.20. The third kappa shape index (κ3) is 3.45. The van der Waals surface area contributed by atoms with Gasteiger partial charge >= 0.3 is 0 Å². The first-order chi connectivity index (χ1) is 14.1. The van der Waals surface area contributed by atoms with E-state index in [0.717, 1.165) is 24.6 Å². The predicted molar refractivity (Wildman–Crippen MR) is 104 cm³/mol. The number of halogens is 2. The van der Waals surface area contributed by atoms with E-state index < -0.39 is 21.5 Å². The summed E-state index contributed by atoms with van der Waals surface area (Å²) in [7, 11) is -2.17. The van der Waals surface area contributed by atoms with Crippen molar-refractivity contribution in [3.05, 3.63) is 71.0 Å². The number of pyridine rings is 2. The summed E-state index contributed by atoms with van der Waals surface area (Å²) in [6, 6.07) is 5.60. The smallest absolute Gasteiger partial charge is 0.293 e. The standard InChI is InChI=1S/C20H14F2N2O5S/c1-24-10-14(12-5-6-28-19(12)20(24)25)13-8-18(30(2,26)27)23-9-17(13)29-16-4-3-11(21)7-15(16)22/h3-10H,1-2H3. The molecule has 0 bridgehead atoms. The maximum Gasteiger partial charge on any atom is 0.293 e. The van der Waals surface area contributed by atoms with Gasteiger partial charge < -0.3 is 13.7 Å². The lowest BCUT2D eigenvalue weighted by Crippen LogP contribution is -2.15. The SMILES string of the molecule is Cn1cc(-c2cc(S(C)(=O)=O)ncc2Oc2ccc(F)cc2F)c2ccoc2c1=O. The Labute approximate surface area is 169 Å². The number of nitrogens with zero attached hydrogens (tertiary/aromatic N) is 2. The summed E-state index contributed by atoms with van der Waals surface area (Å²) >= 11 is 0. The van der Waals surface area contributed by atoms with Gasteiger partial charge in [-0.25, -0.2) is 22.2 Å². The Balaban J connectivity index is 1.99. The van der Waals surface area contributed by atoms with E-state index in [2.05, 4.69) is 4.98 Å². The minimum atomic E-state index is -3.68. The lowest BCUT2D eigenvalue weighted by atomic mass is 10.0. The predicted octanol–water partition coefficient (Wildman–Crippen LogP) is 3.67. The number of aryl methyl sites for hydroxylation is 1. The number of hydrogen-bond acceptors (Lipinski definition) is 6. The highest BCUT2D eigenvalue weighted by molar-refractivity contribution is 7.90. The van der Waals surface area contributed by atoms with Crippen molar-refractivity contribution >= 4 is 20.8 Å². The fourth-order valence-electron chi connectivity index (χ4n) is 2.98. The molecule has 3 aromatic heterocycles. The summed E-state index contributed by atoms with van der Waals surface area (Å²) in [4.78, 5) is 16.2. The van der Waals surface area contributed by atoms with Crippen LogP contribution in [0.2, 0.25) is 0 Å². The van der Waals surface area contributed by atoms with E-state index in [-0.39, 0.29) is 33.2 Å². The van der Waals surface area contributed by atoms with Gasteiger partial charge in [-0.15, -0.1) is 0 Å². The number of furan rings is 1. The molecule has 0 saturated heterocycles. The molecule has 154 valence electrons. The molecule has 0 spiro atoms. The molecule has 0 aliphatic carbocycles. The van der Waals surface area contributed by atoms with Crippen LogP contribution in [0, 0.1) is 11.6 Å². The highest BCUT2D eigenvalue weighted by Crippen LogP contribution is 2.38. The molecule has 0 N–H and O–H groups in total. The van der Waals surface area contributed by atoms with Crippen LogP contribution in [-0.2, 0) is 16.9 Å². The first kappa shape index (κ1) is 19.8. The number of ether oxygens (including phenoxy) is 1. The molecule has 0 saturated carbocycles. The minimum absolute atomic E-state index is 0.00839. The van der Waals surface area contributed by atoms with E-state index in [9.17, 15) is 22.0 Å². The van der Waals surface area contributed by atoms with Gasteiger partial charge in [-0.05, 0) is 24.3 Å². The van der Waals surface area contributed by atoms with Gasteiger partial charge in [0.1, 0.15) is 5.82 Å². The zero-order chi connectivity index (χ0) is 21.6. The van der Waals surface area contributed by atoms with Gasteiger partial charge in [0.25, 0.3) is 5.56 Å². The first-order valence-electron chi connectivity index (χ1n) is 8.55. The molecule has 4 rings (SSSR count). The van der Waals surface area contributed by atoms with E-state index in [0.29, 0.717) is 17.0 Å². The van der Waals surface area contributed by atoms with Gasteiger partial charge in [-0.2, -0.15) is 0 Å². The number of aromatic nitrogens is 2. The molecule has 0 fully saturated rings. The molecule has 10 heteroatoms. The molecule has 0 aliphatic rings. The van der Waals surface area contributed by atoms with E-state index >= 15 is 0 Å². The Morgan fingerprint density at radius 3 is 2.57 bits per heavy atom. The molecule has 30 heavy (non-hydrogen) atoms. The Kier molecular flexibility index (Phi) is 4.65. The van der Waals surface area contributed by atoms with Crippen LogP contribution in [0.15, 0.2) is 63.2 Å². The van der Waals surface area contributed by atoms with Crippen molar-refractivity contribution in [2.24, 2.45) is 7.05 Å². The average molecular weight is 432 g/mol. The van der Waals surface area contributed by atoms with Crippen LogP contribution < -0.4 is 10.3 Å². The molecular weight excluding hydrogens is 418 g/mol. The topological polar surface area (TPSA) is 91.4 Å². The molecule has 7 nitrogen and oxygen atoms in total. The number of sulfone groups is 1. The van der Waals surface area contributed by atoms with Gasteiger partial charge in [-0.3, -0.25) is 4.79 Å². The number of fused-ring (bicyclic) bond motifs is 1. The zero-order valence-corrected chi connectivity index (χ0v) is 16.5. The molecule has 3 heterocycles. The quantitative estimate of drug-likeness (QED) is 0.489. The monoisotopic (exact) mass is 432 g/mol. The van der Waals surface area contributed by atoms with Crippen LogP contribution in [0.5, 0.6) is 11.5 Å². The lowest BCUT2D eigenvalue weighted by Gasteiger charge is -2.14. The highest BCUT2D eigenvalue weighted by atomic mass is 32.2. The summed E-state index contributed by atoms with van der Waals surface area (Å²) in [5.41, 5.74) is 0.316. The largest absolute Gasteiger partial charge is 0.458 e. The van der Waals surface area contributed by atoms with Gasteiger partial charge in [-0.1, -0.05) is 0 Å². The van der Waals surface area contributed by atoms with E-state index in [1.807, 2.05) is 0 Å². The molecular formula is C20H14F2N2O5S. The molecule has 4 aromatic rings. The second-order valence-electron chi connectivity index (χ2n) is 6.59. The van der Waals surface area contributed by atoms with Crippen LogP contribution in [-0.4, -0.2) is 24.2 Å². The Hall–Kier alpha value is -3.53. The normalized spacial score (nSPS) is 11.7. The zero-order valence-electron chi connectivity index (χ0n) is 15.7. The summed E-state index contributed by atoms with van der Waals surface area (Å²) in [6.07, 6.45) is 4.93. The van der Waals surface area contributed by atoms with Crippen molar-refractivity contribution in [1.29, 1.82) is 0 Å². The molecule has 0 unspecified atom stereocenters. The van der Waals surface area contributed by atoms with Crippen molar-refractivity contribution in [2.45, 2.75) is 5.03 Å². The van der Waals surface area contributed by atoms with Gasteiger partial charge in [0, 0.05) is 42.1 Å². The van der Waals surface area contributed by atoms with Crippen LogP contribution in [0.4, 0.5) is 8.78 Å². The minimum Gasteiger partial charge on any atom is -0.458 e. The van der Waals surface area contributed by atoms with Gasteiger partial charge in [0.05, 0.1) is 12.5 Å². The third-order valence-corrected chi connectivity index (χ3v) is 5.40. The second-order valence-corrected chi connectivity index (χ2v) is 8.55. The summed E-state index contributed by atoms with van der Waals surface area (Å²) in [6.45, 7) is 0. The first-order valence-corrected chi connectivity index (χ1v) is 10.4. The molecule has 1 aromatic carbocycles. The second kappa shape index (κ2) is 7.06. The Morgan fingerprint density at radius 2 is 1.87 bits per heavy atom. The van der Waals surface area contributed by atoms with Gasteiger partial charge in [0.15, 0.2) is 37.8 Å². The van der Waals surface area contributed by atoms with Crippen molar-refractivity contribution in [1.82, 2.24) is 9.55 Å². The average Bonchev–Trinajstić information content (AvgIpc) is 3.16. The summed E-state index contributed by atoms with van der Waals surface area (Å²) < 4.78 is 63.5. The summed E-state index contributed by atoms with van der Waals surface area (Å²) in [5, 5.41) is 0.170. The van der Waals surface area contributed by atoms with E-state index in [1.54, 1.807) is 6.07 Å². The Bertz CT molecular complexity index is 1460. The fraction of sp³-hybridized carbons (Fsp3) is 0.100. The molecule has 0 aliphatic heterocycles. The van der Waals surface area contributed by atoms with Crippen molar-refractivity contribution in [3.8, 4) is 22.6 Å². The Morgan fingerprint density at radius 1 is 1.10 bits per heavy atom. The van der Waals surface area contributed by atoms with Crippen molar-refractivity contribution in [3.63, 3.8) is 0 Å². The van der Waals surface area contributed by atoms with Crippen LogP contribution in [0.3, 0.4) is 0 Å². The van der Waals surface area contributed by atoms with Crippen LogP contribution in [0.1, 0.15) is 0 Å². The van der Waals surface area contributed by atoms with E-state index in [1.165, 1.54) is 30.1 Å². The van der Waals surface area contributed by atoms with Crippen molar-refractivity contribution < 1.29 is 26.4 Å². The molecule has 0 radical (unpaired) electrons. The van der Waals surface area contributed by atoms with Gasteiger partial charge in [0.2, 0.25) is 0 Å². The maximum atomic E-state index is 14.1. The van der Waals surface area contributed by atoms with E-state index in [4.69, 9.17) is 9.15 Å². The number of rotatable bonds is 4. The maximum absolute atomic E-state index is 14.1. The van der Waals surface area contributed by atoms with Crippen LogP contribution in [0.25, 0.3) is 22.1 Å². The summed E-state index contributed by atoms with van der Waals surface area (Å²) in [5.74, 6) is -1.99. The molecule has 0 atom stereocenters. The fourth-order valence-corrected chi connectivity index (χ4v) is 3.55. The third-order valence-electron chi connectivity index (χ3n) is 4.42. The van der Waals surface area contributed by atoms with Crippen LogP contribution >= 0.6 is 0 Å².